The summed E-state index contributed by atoms with van der Waals surface area (Å²) in [5.41, 5.74) is 5.40. The van der Waals surface area contributed by atoms with Gasteiger partial charge in [0.05, 0.1) is 12.5 Å². The lowest BCUT2D eigenvalue weighted by molar-refractivity contribution is -0.193. The predicted octanol–water partition coefficient (Wildman–Crippen LogP) is 2.16. The summed E-state index contributed by atoms with van der Waals surface area (Å²) in [7, 11) is 0. The number of halogens is 3. The Balaban J connectivity index is 2.11. The van der Waals surface area contributed by atoms with E-state index in [1.165, 1.54) is 0 Å². The molecule has 6 heteroatoms. The second-order valence-corrected chi connectivity index (χ2v) is 5.72. The highest BCUT2D eigenvalue weighted by Gasteiger charge is 2.49. The lowest BCUT2D eigenvalue weighted by atomic mass is 9.74. The van der Waals surface area contributed by atoms with Crippen LogP contribution in [0.1, 0.15) is 32.1 Å². The molecular formula is C13H23F3N2O. The van der Waals surface area contributed by atoms with Gasteiger partial charge in [0.25, 0.3) is 0 Å². The van der Waals surface area contributed by atoms with Crippen molar-refractivity contribution >= 4 is 0 Å². The van der Waals surface area contributed by atoms with Crippen LogP contribution < -0.4 is 5.73 Å². The van der Waals surface area contributed by atoms with E-state index < -0.39 is 17.6 Å². The van der Waals surface area contributed by atoms with Crippen molar-refractivity contribution < 1.29 is 17.9 Å². The van der Waals surface area contributed by atoms with Crippen LogP contribution in [0.2, 0.25) is 0 Å². The maximum absolute atomic E-state index is 13.0. The van der Waals surface area contributed by atoms with Crippen LogP contribution in [-0.4, -0.2) is 49.5 Å². The zero-order valence-electron chi connectivity index (χ0n) is 11.2. The second kappa shape index (κ2) is 5.97. The van der Waals surface area contributed by atoms with Gasteiger partial charge in [0.15, 0.2) is 0 Å². The van der Waals surface area contributed by atoms with Gasteiger partial charge in [-0.25, -0.2) is 0 Å². The van der Waals surface area contributed by atoms with Crippen LogP contribution in [0.15, 0.2) is 0 Å². The molecule has 1 saturated heterocycles. The van der Waals surface area contributed by atoms with Gasteiger partial charge < -0.3 is 10.5 Å². The minimum Gasteiger partial charge on any atom is -0.380 e. The molecule has 2 N–H and O–H groups in total. The fourth-order valence-corrected chi connectivity index (χ4v) is 3.44. The first kappa shape index (κ1) is 15.1. The van der Waals surface area contributed by atoms with Gasteiger partial charge in [-0.15, -0.1) is 0 Å². The molecule has 1 heterocycles. The van der Waals surface area contributed by atoms with Crippen LogP contribution in [0.25, 0.3) is 0 Å². The minimum absolute atomic E-state index is 0.146. The van der Waals surface area contributed by atoms with E-state index in [1.54, 1.807) is 0 Å². The number of hydrogen-bond acceptors (Lipinski definition) is 3. The van der Waals surface area contributed by atoms with Gasteiger partial charge in [-0.1, -0.05) is 6.42 Å². The van der Waals surface area contributed by atoms with Crippen molar-refractivity contribution in [1.29, 1.82) is 0 Å². The standard InChI is InChI=1S/C13H23F3N2O/c14-13(15,16)11-3-1-4-12(9-11,10-17)18-5-2-7-19-8-6-18/h11H,1-10,17H2. The molecule has 2 fully saturated rings. The van der Waals surface area contributed by atoms with Crippen molar-refractivity contribution in [3.05, 3.63) is 0 Å². The molecule has 112 valence electrons. The Morgan fingerprint density at radius 2 is 2.00 bits per heavy atom. The van der Waals surface area contributed by atoms with Crippen molar-refractivity contribution in [3.8, 4) is 0 Å². The fraction of sp³-hybridized carbons (Fsp3) is 1.00. The van der Waals surface area contributed by atoms with Crippen LogP contribution in [0, 0.1) is 5.92 Å². The van der Waals surface area contributed by atoms with Gasteiger partial charge in [-0.3, -0.25) is 4.90 Å². The van der Waals surface area contributed by atoms with Crippen LogP contribution in [0.4, 0.5) is 13.2 Å². The molecule has 2 rings (SSSR count). The van der Waals surface area contributed by atoms with Crippen molar-refractivity contribution in [3.63, 3.8) is 0 Å². The predicted molar refractivity (Wildman–Crippen MR) is 66.8 cm³/mol. The Morgan fingerprint density at radius 3 is 2.68 bits per heavy atom. The zero-order valence-corrected chi connectivity index (χ0v) is 11.2. The van der Waals surface area contributed by atoms with Crippen LogP contribution in [-0.2, 0) is 4.74 Å². The summed E-state index contributed by atoms with van der Waals surface area (Å²) in [5, 5.41) is 0. The summed E-state index contributed by atoms with van der Waals surface area (Å²) in [6, 6.07) is 0. The monoisotopic (exact) mass is 280 g/mol. The van der Waals surface area contributed by atoms with Crippen molar-refractivity contribution in [2.75, 3.05) is 32.8 Å². The highest BCUT2D eigenvalue weighted by molar-refractivity contribution is 4.98. The summed E-state index contributed by atoms with van der Waals surface area (Å²) in [5.74, 6) is -1.20. The van der Waals surface area contributed by atoms with E-state index in [-0.39, 0.29) is 12.8 Å². The zero-order chi connectivity index (χ0) is 13.9. The minimum atomic E-state index is -4.09. The second-order valence-electron chi connectivity index (χ2n) is 5.72. The molecule has 1 aliphatic carbocycles. The smallest absolute Gasteiger partial charge is 0.380 e. The van der Waals surface area contributed by atoms with E-state index in [0.717, 1.165) is 19.4 Å². The SMILES string of the molecule is NCC1(N2CCCOCC2)CCCC(C(F)(F)F)C1. The summed E-state index contributed by atoms with van der Waals surface area (Å²) >= 11 is 0. The highest BCUT2D eigenvalue weighted by Crippen LogP contribution is 2.44. The quantitative estimate of drug-likeness (QED) is 0.842. The molecule has 0 radical (unpaired) electrons. The van der Waals surface area contributed by atoms with Crippen molar-refractivity contribution in [2.24, 2.45) is 11.7 Å². The first-order valence-corrected chi connectivity index (χ1v) is 7.07. The van der Waals surface area contributed by atoms with Gasteiger partial charge in [-0.05, 0) is 25.7 Å². The number of nitrogens with two attached hydrogens (primary N) is 1. The van der Waals surface area contributed by atoms with Crippen LogP contribution in [0.5, 0.6) is 0 Å². The van der Waals surface area contributed by atoms with E-state index in [0.29, 0.717) is 32.7 Å². The summed E-state index contributed by atoms with van der Waals surface area (Å²) in [6.45, 7) is 3.08. The molecule has 2 aliphatic rings. The fourth-order valence-electron chi connectivity index (χ4n) is 3.44. The van der Waals surface area contributed by atoms with E-state index in [2.05, 4.69) is 4.90 Å². The molecule has 0 aromatic rings. The summed E-state index contributed by atoms with van der Waals surface area (Å²) < 4.78 is 44.3. The molecule has 0 spiro atoms. The molecule has 0 aromatic carbocycles. The largest absolute Gasteiger partial charge is 0.391 e. The highest BCUT2D eigenvalue weighted by atomic mass is 19.4. The average molecular weight is 280 g/mol. The van der Waals surface area contributed by atoms with Gasteiger partial charge in [0, 0.05) is 31.8 Å². The normalized spacial score (nSPS) is 35.1. The molecule has 3 nitrogen and oxygen atoms in total. The molecular weight excluding hydrogens is 257 g/mol. The summed E-state index contributed by atoms with van der Waals surface area (Å²) in [6.07, 6.45) is -1.45. The van der Waals surface area contributed by atoms with Crippen LogP contribution in [0.3, 0.4) is 0 Å². The molecule has 0 aromatic heterocycles. The third-order valence-corrected chi connectivity index (χ3v) is 4.56. The Morgan fingerprint density at radius 1 is 1.21 bits per heavy atom. The third kappa shape index (κ3) is 3.41. The van der Waals surface area contributed by atoms with Crippen molar-refractivity contribution in [1.82, 2.24) is 4.90 Å². The molecule has 2 atom stereocenters. The molecule has 0 bridgehead atoms. The Bertz CT molecular complexity index is 290. The van der Waals surface area contributed by atoms with Gasteiger partial charge in [0.2, 0.25) is 0 Å². The first-order chi connectivity index (χ1) is 8.98. The summed E-state index contributed by atoms with van der Waals surface area (Å²) in [4.78, 5) is 2.15. The molecule has 0 amide bonds. The third-order valence-electron chi connectivity index (χ3n) is 4.56. The topological polar surface area (TPSA) is 38.5 Å². The van der Waals surface area contributed by atoms with Gasteiger partial charge in [-0.2, -0.15) is 13.2 Å². The lowest BCUT2D eigenvalue weighted by Crippen LogP contribution is -2.58. The molecule has 19 heavy (non-hydrogen) atoms. The van der Waals surface area contributed by atoms with Gasteiger partial charge in [0.1, 0.15) is 0 Å². The molecule has 1 aliphatic heterocycles. The number of nitrogens with zero attached hydrogens (tertiary/aromatic N) is 1. The van der Waals surface area contributed by atoms with E-state index in [4.69, 9.17) is 10.5 Å². The van der Waals surface area contributed by atoms with Gasteiger partial charge >= 0.3 is 6.18 Å². The van der Waals surface area contributed by atoms with Crippen molar-refractivity contribution in [2.45, 2.75) is 43.8 Å². The number of alkyl halides is 3. The lowest BCUT2D eigenvalue weighted by Gasteiger charge is -2.48. The van der Waals surface area contributed by atoms with E-state index in [9.17, 15) is 13.2 Å². The first-order valence-electron chi connectivity index (χ1n) is 7.07. The van der Waals surface area contributed by atoms with E-state index >= 15 is 0 Å². The van der Waals surface area contributed by atoms with Crippen LogP contribution >= 0.6 is 0 Å². The number of rotatable bonds is 2. The molecule has 2 unspecified atom stereocenters. The maximum atomic E-state index is 13.0. The average Bonchev–Trinajstić information content (AvgIpc) is 2.67. The maximum Gasteiger partial charge on any atom is 0.391 e. The number of ether oxygens (including phenoxy) is 1. The van der Waals surface area contributed by atoms with E-state index in [1.807, 2.05) is 0 Å². The number of hydrogen-bond donors (Lipinski definition) is 1. The Hall–Kier alpha value is -0.330. The Kier molecular flexibility index (Phi) is 4.74. The molecule has 1 saturated carbocycles. The Labute approximate surface area is 112 Å².